The highest BCUT2D eigenvalue weighted by Gasteiger charge is 2.52. The highest BCUT2D eigenvalue weighted by molar-refractivity contribution is 7.80. The van der Waals surface area contributed by atoms with Gasteiger partial charge >= 0.3 is 23.9 Å². The third-order valence-electron chi connectivity index (χ3n) is 3.56. The van der Waals surface area contributed by atoms with Crippen LogP contribution in [-0.2, 0) is 47.7 Å². The molecule has 1 aliphatic heterocycles. The third kappa shape index (κ3) is 9.26. The van der Waals surface area contributed by atoms with E-state index in [0.717, 1.165) is 20.8 Å². The molecule has 0 radical (unpaired) electrons. The fourth-order valence-electron chi connectivity index (χ4n) is 2.62. The van der Waals surface area contributed by atoms with Gasteiger partial charge in [-0.3, -0.25) is 19.2 Å². The Kier molecular flexibility index (Phi) is 10.3. The molecular weight excluding hydrogens is 436 g/mol. The fraction of sp³-hybridized carbons (Fsp3) is 0.667. The molecule has 1 fully saturated rings. The minimum Gasteiger partial charge on any atom is -0.463 e. The Morgan fingerprint density at radius 1 is 0.839 bits per heavy atom. The summed E-state index contributed by atoms with van der Waals surface area (Å²) in [6, 6.07) is 0. The van der Waals surface area contributed by atoms with Crippen LogP contribution in [0.4, 0.5) is 0 Å². The first-order valence-corrected chi connectivity index (χ1v) is 9.60. The number of hydrogen-bond acceptors (Lipinski definition) is 12. The van der Waals surface area contributed by atoms with E-state index in [2.05, 4.69) is 10.5 Å². The van der Waals surface area contributed by atoms with Crippen LogP contribution < -0.4 is 5.32 Å². The van der Waals surface area contributed by atoms with E-state index in [9.17, 15) is 19.2 Å². The summed E-state index contributed by atoms with van der Waals surface area (Å²) < 4.78 is 26.6. The Morgan fingerprint density at radius 2 is 1.35 bits per heavy atom. The van der Waals surface area contributed by atoms with Crippen LogP contribution in [-0.4, -0.2) is 72.0 Å². The van der Waals surface area contributed by atoms with E-state index in [1.165, 1.54) is 6.92 Å². The van der Waals surface area contributed by atoms with Crippen LogP contribution in [0.15, 0.2) is 5.16 Å². The smallest absolute Gasteiger partial charge is 0.303 e. The van der Waals surface area contributed by atoms with Gasteiger partial charge in [-0.15, -0.1) is 0 Å². The molecule has 1 rings (SSSR count). The van der Waals surface area contributed by atoms with Gasteiger partial charge in [0.25, 0.3) is 5.17 Å². The molecule has 31 heavy (non-hydrogen) atoms. The van der Waals surface area contributed by atoms with Gasteiger partial charge in [-0.05, 0) is 26.1 Å². The number of ether oxygens (including phenoxy) is 5. The number of rotatable bonds is 7. The number of hydrogen-bond donors (Lipinski definition) is 1. The van der Waals surface area contributed by atoms with Crippen molar-refractivity contribution in [3.63, 3.8) is 0 Å². The predicted octanol–water partition coefficient (Wildman–Crippen LogP) is 0.356. The van der Waals surface area contributed by atoms with Gasteiger partial charge in [0.15, 0.2) is 24.5 Å². The highest BCUT2D eigenvalue weighted by Crippen LogP contribution is 2.28. The average molecular weight is 462 g/mol. The zero-order valence-electron chi connectivity index (χ0n) is 18.0. The van der Waals surface area contributed by atoms with Gasteiger partial charge in [-0.2, -0.15) is 0 Å². The Labute approximate surface area is 184 Å². The zero-order valence-corrected chi connectivity index (χ0v) is 18.8. The minimum atomic E-state index is -1.31. The lowest BCUT2D eigenvalue weighted by atomic mass is 9.97. The molecule has 0 unspecified atom stereocenters. The first kappa shape index (κ1) is 26.2. The van der Waals surface area contributed by atoms with E-state index in [1.807, 2.05) is 0 Å². The molecule has 1 aliphatic rings. The maximum atomic E-state index is 11.7. The second-order valence-corrected chi connectivity index (χ2v) is 7.05. The molecule has 1 N–H and O–H groups in total. The van der Waals surface area contributed by atoms with Crippen LogP contribution in [0.5, 0.6) is 0 Å². The molecular formula is C18H26N2O10S. The summed E-state index contributed by atoms with van der Waals surface area (Å²) in [5.41, 5.74) is 0.575. The van der Waals surface area contributed by atoms with Crippen LogP contribution in [0, 0.1) is 0 Å². The zero-order chi connectivity index (χ0) is 23.7. The van der Waals surface area contributed by atoms with Crippen LogP contribution in [0.2, 0.25) is 0 Å². The molecule has 1 saturated heterocycles. The molecule has 174 valence electrons. The van der Waals surface area contributed by atoms with Crippen molar-refractivity contribution in [2.75, 3.05) is 6.61 Å². The van der Waals surface area contributed by atoms with Gasteiger partial charge in [0.2, 0.25) is 0 Å². The van der Waals surface area contributed by atoms with Crippen molar-refractivity contribution in [2.24, 2.45) is 5.16 Å². The summed E-state index contributed by atoms with van der Waals surface area (Å²) in [6.07, 6.45) is -6.18. The molecule has 1 heterocycles. The van der Waals surface area contributed by atoms with Crippen molar-refractivity contribution in [2.45, 2.75) is 72.2 Å². The molecule has 0 aromatic carbocycles. The van der Waals surface area contributed by atoms with E-state index >= 15 is 0 Å². The number of thiocarbonyl (C=S) groups is 1. The van der Waals surface area contributed by atoms with E-state index < -0.39 is 54.5 Å². The van der Waals surface area contributed by atoms with Crippen LogP contribution >= 0.6 is 12.2 Å². The maximum Gasteiger partial charge on any atom is 0.303 e. The third-order valence-corrected chi connectivity index (χ3v) is 3.75. The summed E-state index contributed by atoms with van der Waals surface area (Å²) in [5.74, 6) is -2.81. The lowest BCUT2D eigenvalue weighted by Crippen LogP contribution is -2.66. The molecule has 12 nitrogen and oxygen atoms in total. The second kappa shape index (κ2) is 12.2. The van der Waals surface area contributed by atoms with E-state index in [0.29, 0.717) is 5.71 Å². The van der Waals surface area contributed by atoms with Crippen molar-refractivity contribution >= 4 is 47.0 Å². The minimum absolute atomic E-state index is 0.234. The van der Waals surface area contributed by atoms with E-state index in [1.54, 1.807) is 13.8 Å². The number of carbonyl (C=O) groups is 4. The van der Waals surface area contributed by atoms with E-state index in [-0.39, 0.29) is 11.8 Å². The summed E-state index contributed by atoms with van der Waals surface area (Å²) in [7, 11) is 0. The van der Waals surface area contributed by atoms with Gasteiger partial charge in [0, 0.05) is 27.7 Å². The Bertz CT molecular complexity index is 737. The van der Waals surface area contributed by atoms with Crippen molar-refractivity contribution in [3.05, 3.63) is 0 Å². The largest absolute Gasteiger partial charge is 0.463 e. The van der Waals surface area contributed by atoms with Crippen molar-refractivity contribution < 1.29 is 47.7 Å². The molecule has 0 bridgehead atoms. The maximum absolute atomic E-state index is 11.7. The number of oxime groups is 1. The molecule has 0 aromatic rings. The lowest BCUT2D eigenvalue weighted by molar-refractivity contribution is -0.255. The molecule has 0 amide bonds. The number of nitrogens with zero attached hydrogens (tertiary/aromatic N) is 1. The average Bonchev–Trinajstić information content (AvgIpc) is 2.62. The Morgan fingerprint density at radius 3 is 1.84 bits per heavy atom. The van der Waals surface area contributed by atoms with Crippen molar-refractivity contribution in [1.82, 2.24) is 5.32 Å². The van der Waals surface area contributed by atoms with Crippen LogP contribution in [0.3, 0.4) is 0 Å². The summed E-state index contributed by atoms with van der Waals surface area (Å²) >= 11 is 5.05. The van der Waals surface area contributed by atoms with Crippen LogP contribution in [0.25, 0.3) is 0 Å². The second-order valence-electron chi connectivity index (χ2n) is 6.68. The van der Waals surface area contributed by atoms with Gasteiger partial charge in [-0.1, -0.05) is 5.16 Å². The molecule has 13 heteroatoms. The standard InChI is InChI=1S/C18H26N2O10S/c1-8(2)20-30-18(31)19-17-16(28-12(6)24)15(27-11(5)23)14(26-10(4)22)13(29-17)7-25-9(3)21/h13-17H,7H2,1-6H3,(H,19,31)/t13-,14-,15+,16-,17-/m1/s1. The topological polar surface area (TPSA) is 148 Å². The fourth-order valence-corrected chi connectivity index (χ4v) is 2.77. The molecule has 0 aliphatic carbocycles. The number of carbonyl (C=O) groups excluding carboxylic acids is 4. The Hall–Kier alpha value is -2.80. The molecule has 5 atom stereocenters. The lowest BCUT2D eigenvalue weighted by Gasteiger charge is -2.44. The summed E-state index contributed by atoms with van der Waals surface area (Å²) in [5, 5.41) is 6.12. The SMILES string of the molecule is CC(=O)OC[C@H]1O[C@@H](NC(=S)ON=C(C)C)[C@H](OC(C)=O)[C@@H](OC(C)=O)[C@@H]1OC(C)=O. The quantitative estimate of drug-likeness (QED) is 0.183. The summed E-state index contributed by atoms with van der Waals surface area (Å²) in [4.78, 5) is 51.4. The van der Waals surface area contributed by atoms with Gasteiger partial charge in [0.05, 0.1) is 5.71 Å². The van der Waals surface area contributed by atoms with E-state index in [4.69, 9.17) is 40.7 Å². The molecule has 0 saturated carbocycles. The Balaban J connectivity index is 3.30. The van der Waals surface area contributed by atoms with Crippen molar-refractivity contribution in [3.8, 4) is 0 Å². The first-order chi connectivity index (χ1) is 14.4. The van der Waals surface area contributed by atoms with Crippen LogP contribution in [0.1, 0.15) is 41.5 Å². The predicted molar refractivity (Wildman–Crippen MR) is 108 cm³/mol. The number of esters is 4. The van der Waals surface area contributed by atoms with Crippen molar-refractivity contribution in [1.29, 1.82) is 0 Å². The highest BCUT2D eigenvalue weighted by atomic mass is 32.1. The van der Waals surface area contributed by atoms with Gasteiger partial charge in [-0.25, -0.2) is 0 Å². The monoisotopic (exact) mass is 462 g/mol. The molecule has 0 aromatic heterocycles. The summed E-state index contributed by atoms with van der Waals surface area (Å²) in [6.45, 7) is 7.57. The molecule has 0 spiro atoms. The first-order valence-electron chi connectivity index (χ1n) is 9.19. The van der Waals surface area contributed by atoms with Gasteiger partial charge < -0.3 is 33.8 Å². The normalized spacial score (nSPS) is 24.8. The van der Waals surface area contributed by atoms with Gasteiger partial charge in [0.1, 0.15) is 12.7 Å². The number of nitrogens with one attached hydrogen (secondary N) is 1.